The van der Waals surface area contributed by atoms with E-state index in [1.165, 1.54) is 16.0 Å². The van der Waals surface area contributed by atoms with E-state index in [4.69, 9.17) is 19.9 Å². The number of methoxy groups -OCH3 is 1. The van der Waals surface area contributed by atoms with Crippen LogP contribution in [0.4, 0.5) is 4.79 Å². The first-order valence-electron chi connectivity index (χ1n) is 17.1. The second kappa shape index (κ2) is 13.8. The van der Waals surface area contributed by atoms with Crippen LogP contribution >= 0.6 is 0 Å². The monoisotopic (exact) mass is 704 g/mol. The number of amides is 2. The highest BCUT2D eigenvalue weighted by Crippen LogP contribution is 2.64. The number of piperidine rings is 1. The summed E-state index contributed by atoms with van der Waals surface area (Å²) in [6.45, 7) is 2.25. The van der Waals surface area contributed by atoms with Gasteiger partial charge in [0, 0.05) is 56.4 Å². The first-order chi connectivity index (χ1) is 23.5. The van der Waals surface area contributed by atoms with Gasteiger partial charge in [0.05, 0.1) is 38.2 Å². The number of likely N-dealkylation sites (tertiary alicyclic amines) is 1. The van der Waals surface area contributed by atoms with E-state index in [9.17, 15) is 19.5 Å². The molecule has 2 bridgehead atoms. The summed E-state index contributed by atoms with van der Waals surface area (Å²) in [6.07, 6.45) is 2.65. The summed E-state index contributed by atoms with van der Waals surface area (Å²) < 4.78 is 18.6. The molecule has 2 aliphatic heterocycles. The van der Waals surface area contributed by atoms with Crippen LogP contribution < -0.4 is 37.7 Å². The summed E-state index contributed by atoms with van der Waals surface area (Å²) in [5, 5.41) is 12.2. The van der Waals surface area contributed by atoms with Crippen molar-refractivity contribution in [1.29, 1.82) is 0 Å². The van der Waals surface area contributed by atoms with E-state index in [0.717, 1.165) is 59.5 Å². The predicted molar refractivity (Wildman–Crippen MR) is 182 cm³/mol. The Morgan fingerprint density at radius 3 is 2.56 bits per heavy atom. The molecular weight excluding hydrogens is 660 g/mol. The third-order valence-electron chi connectivity index (χ3n) is 11.4. The number of phenols is 1. The summed E-state index contributed by atoms with van der Waals surface area (Å²) in [6, 6.07) is 18.0. The highest BCUT2D eigenvalue weighted by Gasteiger charge is 2.69. The molecule has 1 spiro atoms. The van der Waals surface area contributed by atoms with Crippen molar-refractivity contribution < 1.29 is 50.6 Å². The lowest BCUT2D eigenvalue weighted by Gasteiger charge is -2.60. The number of likely N-dealkylation sites (N-methyl/N-ethyl adjacent to an activating group) is 2. The molecule has 0 aromatic heterocycles. The third-order valence-corrected chi connectivity index (χ3v) is 11.4. The molecule has 1 unspecified atom stereocenters. The minimum Gasteiger partial charge on any atom is -1.00 e. The lowest BCUT2D eigenvalue weighted by Crippen LogP contribution is -3.00. The molecule has 2 amide bonds. The van der Waals surface area contributed by atoms with Crippen LogP contribution in [-0.4, -0.2) is 91.3 Å². The van der Waals surface area contributed by atoms with Gasteiger partial charge in [-0.05, 0) is 66.4 Å². The lowest BCUT2D eigenvalue weighted by molar-refractivity contribution is -0.957. The molecule has 2 fully saturated rings. The van der Waals surface area contributed by atoms with Crippen molar-refractivity contribution in [3.63, 3.8) is 0 Å². The number of halogens is 1. The Morgan fingerprint density at radius 1 is 1.12 bits per heavy atom. The average Bonchev–Trinajstić information content (AvgIpc) is 3.45. The Bertz CT molecular complexity index is 1770. The van der Waals surface area contributed by atoms with E-state index in [2.05, 4.69) is 18.4 Å². The predicted octanol–water partition coefficient (Wildman–Crippen LogP) is 0.475. The fraction of sp³-hybridized carbons (Fsp3) is 0.447. The van der Waals surface area contributed by atoms with E-state index >= 15 is 0 Å². The number of carbonyl (C=O) groups excluding carboxylic acids is 3. The van der Waals surface area contributed by atoms with Crippen molar-refractivity contribution in [2.75, 3.05) is 40.8 Å². The van der Waals surface area contributed by atoms with Crippen molar-refractivity contribution in [3.8, 4) is 23.0 Å². The molecule has 3 aromatic carbocycles. The van der Waals surface area contributed by atoms with Gasteiger partial charge in [-0.2, -0.15) is 0 Å². The topological polar surface area (TPSA) is 140 Å². The number of benzene rings is 3. The van der Waals surface area contributed by atoms with Gasteiger partial charge in [-0.1, -0.05) is 18.2 Å². The molecule has 12 heteroatoms. The zero-order chi connectivity index (χ0) is 34.5. The molecule has 0 radical (unpaired) electrons. The summed E-state index contributed by atoms with van der Waals surface area (Å²) in [5.74, 6) is 2.35. The number of quaternary nitrogens is 1. The van der Waals surface area contributed by atoms with Gasteiger partial charge in [0.1, 0.15) is 18.0 Å². The summed E-state index contributed by atoms with van der Waals surface area (Å²) in [4.78, 5) is 39.9. The number of phenolic OH excluding ortho intramolecular Hbond substituents is 1. The van der Waals surface area contributed by atoms with Crippen molar-refractivity contribution in [1.82, 2.24) is 10.2 Å². The fourth-order valence-electron chi connectivity index (χ4n) is 8.94. The maximum atomic E-state index is 13.3. The Labute approximate surface area is 298 Å². The minimum atomic E-state index is -0.748. The van der Waals surface area contributed by atoms with E-state index in [-0.39, 0.29) is 48.4 Å². The number of carbonyl (C=O) groups is 3. The molecule has 2 heterocycles. The van der Waals surface area contributed by atoms with Gasteiger partial charge >= 0.3 is 6.09 Å². The number of Topliss-reactive ketones (excluding diaryl/α,β-unsaturated/α-hetero) is 1. The highest BCUT2D eigenvalue weighted by molar-refractivity contribution is 5.89. The van der Waals surface area contributed by atoms with Crippen molar-refractivity contribution in [2.45, 2.75) is 62.3 Å². The fourth-order valence-corrected chi connectivity index (χ4v) is 8.94. The molecule has 4 aliphatic rings. The zero-order valence-electron chi connectivity index (χ0n) is 28.7. The number of nitrogens with zero attached hydrogens (tertiary/aromatic N) is 2. The number of nitrogens with one attached hydrogen (secondary N) is 1. The summed E-state index contributed by atoms with van der Waals surface area (Å²) >= 11 is 0. The zero-order valence-corrected chi connectivity index (χ0v) is 29.4. The molecular formula is C38H45ClN4O7. The lowest BCUT2D eigenvalue weighted by atomic mass is 9.51. The van der Waals surface area contributed by atoms with E-state index in [1.807, 2.05) is 30.3 Å². The Balaban J connectivity index is 0.00000432. The summed E-state index contributed by atoms with van der Waals surface area (Å²) in [5.41, 5.74) is 10.3. The number of hydrogen-bond donors (Lipinski definition) is 3. The largest absolute Gasteiger partial charge is 1.00 e. The van der Waals surface area contributed by atoms with Crippen LogP contribution in [0, 0.1) is 5.92 Å². The molecule has 6 atom stereocenters. The number of aromatic hydroxyl groups is 1. The number of ketones is 1. The van der Waals surface area contributed by atoms with Crippen LogP contribution in [0.2, 0.25) is 0 Å². The van der Waals surface area contributed by atoms with Crippen molar-refractivity contribution >= 4 is 17.8 Å². The molecule has 1 saturated heterocycles. The molecule has 3 aromatic rings. The number of nitrogens with two attached hydrogens (primary N) is 1. The molecule has 7 rings (SSSR count). The number of rotatable bonds is 10. The second-order valence-corrected chi connectivity index (χ2v) is 14.4. The van der Waals surface area contributed by atoms with Crippen LogP contribution in [-0.2, 0) is 34.4 Å². The van der Waals surface area contributed by atoms with Gasteiger partial charge < -0.3 is 52.2 Å². The van der Waals surface area contributed by atoms with E-state index < -0.39 is 18.2 Å². The Kier molecular flexibility index (Phi) is 9.78. The van der Waals surface area contributed by atoms with Gasteiger partial charge in [0.15, 0.2) is 23.4 Å². The molecule has 2 aliphatic carbocycles. The van der Waals surface area contributed by atoms with Crippen LogP contribution in [0.5, 0.6) is 23.0 Å². The number of hydrogen-bond acceptors (Lipinski definition) is 8. The maximum Gasteiger partial charge on any atom is 0.415 e. The number of ether oxygens (including phenoxy) is 3. The van der Waals surface area contributed by atoms with Crippen LogP contribution in [0.1, 0.15) is 41.5 Å². The van der Waals surface area contributed by atoms with Crippen LogP contribution in [0.15, 0.2) is 60.7 Å². The Morgan fingerprint density at radius 2 is 1.84 bits per heavy atom. The SMILES string of the molecule is COc1ccc2c3c1O[C@H]1C(=O)CC[C@H]4C(C2)[N@@+](C)(Cc2ccc(OC(=O)N(C)CCNC(=O)[C@@H](N)Cc5ccc(O)cc5)cc2)CC[C@]314.[Cl-]. The first kappa shape index (κ1) is 35.5. The van der Waals surface area contributed by atoms with E-state index in [0.29, 0.717) is 30.6 Å². The van der Waals surface area contributed by atoms with Gasteiger partial charge in [-0.15, -0.1) is 0 Å². The normalized spacial score (nSPS) is 26.1. The van der Waals surface area contributed by atoms with Gasteiger partial charge in [0.25, 0.3) is 0 Å². The maximum absolute atomic E-state index is 13.3. The van der Waals surface area contributed by atoms with E-state index in [1.54, 1.807) is 38.4 Å². The standard InChI is InChI=1S/C38H44N4O7.ClH/c1-41(18-17-40-36(45)29(39)20-23-4-9-26(43)10-5-23)37(46)48-27-11-6-24(7-12-27)22-42(2)19-16-38-28-13-14-31(44)35(38)49-34-32(47-3)15-8-25(33(34)38)21-30(28)42;/h4-12,15,28-30,35H,13-14,16-22,39H2,1-3H3,(H-,40,43,45);1H/t28-,29-,30?,35-,38-,42+;/m0./s1. The molecule has 11 nitrogen and oxygen atoms in total. The van der Waals surface area contributed by atoms with Crippen molar-refractivity contribution in [2.24, 2.45) is 11.7 Å². The average molecular weight is 705 g/mol. The molecule has 4 N–H and O–H groups in total. The molecule has 1 saturated carbocycles. The first-order valence-corrected chi connectivity index (χ1v) is 17.1. The van der Waals surface area contributed by atoms with Gasteiger partial charge in [-0.25, -0.2) is 4.79 Å². The third kappa shape index (κ3) is 6.16. The molecule has 50 heavy (non-hydrogen) atoms. The summed E-state index contributed by atoms with van der Waals surface area (Å²) in [7, 11) is 5.62. The Hall–Kier alpha value is -4.32. The van der Waals surface area contributed by atoms with Crippen molar-refractivity contribution in [3.05, 3.63) is 82.9 Å². The smallest absolute Gasteiger partial charge is 0.415 e. The minimum absolute atomic E-state index is 0. The second-order valence-electron chi connectivity index (χ2n) is 14.4. The molecule has 266 valence electrons. The quantitative estimate of drug-likeness (QED) is 0.259. The highest BCUT2D eigenvalue weighted by atomic mass is 35.5. The van der Waals surface area contributed by atoms with Gasteiger partial charge in [0.2, 0.25) is 5.91 Å². The van der Waals surface area contributed by atoms with Gasteiger partial charge in [-0.3, -0.25) is 9.59 Å². The van der Waals surface area contributed by atoms with Crippen LogP contribution in [0.25, 0.3) is 0 Å². The van der Waals surface area contributed by atoms with Crippen LogP contribution in [0.3, 0.4) is 0 Å².